The normalized spacial score (nSPS) is 14.4. The van der Waals surface area contributed by atoms with Gasteiger partial charge in [0, 0.05) is 22.5 Å². The monoisotopic (exact) mass is 671 g/mol. The molecule has 1 N–H and O–H groups in total. The van der Waals surface area contributed by atoms with Crippen LogP contribution in [0.1, 0.15) is 57.9 Å². The molecule has 1 fully saturated rings. The molecule has 0 radical (unpaired) electrons. The highest BCUT2D eigenvalue weighted by Crippen LogP contribution is 2.33. The molecule has 0 heterocycles. The fourth-order valence-electron chi connectivity index (χ4n) is 5.60. The summed E-state index contributed by atoms with van der Waals surface area (Å²) in [5, 5.41) is 3.62. The Morgan fingerprint density at radius 1 is 0.978 bits per heavy atom. The lowest BCUT2D eigenvalue weighted by molar-refractivity contribution is -0.140. The summed E-state index contributed by atoms with van der Waals surface area (Å²) in [5.74, 6) is -0.449. The first-order valence-corrected chi connectivity index (χ1v) is 18.5. The van der Waals surface area contributed by atoms with Crippen LogP contribution in [0.25, 0.3) is 0 Å². The number of hydrogen-bond acceptors (Lipinski definition) is 6. The van der Waals surface area contributed by atoms with Gasteiger partial charge < -0.3 is 15.0 Å². The third kappa shape index (κ3) is 8.74. The predicted molar refractivity (Wildman–Crippen MR) is 181 cm³/mol. The van der Waals surface area contributed by atoms with Gasteiger partial charge in [-0.15, -0.1) is 11.8 Å². The lowest BCUT2D eigenvalue weighted by Gasteiger charge is -2.35. The number of thioether (sulfide) groups is 1. The van der Waals surface area contributed by atoms with Crippen molar-refractivity contribution in [3.8, 4) is 5.75 Å². The summed E-state index contributed by atoms with van der Waals surface area (Å²) in [5.41, 5.74) is 0.896. The summed E-state index contributed by atoms with van der Waals surface area (Å²) in [7, 11) is -4.23. The second-order valence-corrected chi connectivity index (χ2v) is 14.1. The van der Waals surface area contributed by atoms with Crippen LogP contribution >= 0.6 is 23.4 Å². The van der Waals surface area contributed by atoms with Crippen LogP contribution in [0.4, 0.5) is 5.69 Å². The van der Waals surface area contributed by atoms with Gasteiger partial charge in [0.2, 0.25) is 11.8 Å². The first-order chi connectivity index (χ1) is 21.7. The second kappa shape index (κ2) is 16.4. The number of nitrogens with one attached hydrogen (secondary N) is 1. The van der Waals surface area contributed by atoms with Gasteiger partial charge in [0.1, 0.15) is 18.3 Å². The number of halogens is 1. The van der Waals surface area contributed by atoms with Crippen LogP contribution in [0, 0.1) is 0 Å². The average Bonchev–Trinajstić information content (AvgIpc) is 3.05. The van der Waals surface area contributed by atoms with Gasteiger partial charge in [-0.1, -0.05) is 68.1 Å². The molecule has 0 saturated heterocycles. The van der Waals surface area contributed by atoms with Crippen molar-refractivity contribution in [1.82, 2.24) is 10.2 Å². The highest BCUT2D eigenvalue weighted by molar-refractivity contribution is 7.98. The zero-order valence-corrected chi connectivity index (χ0v) is 28.5. The van der Waals surface area contributed by atoms with E-state index in [-0.39, 0.29) is 29.1 Å². The Hall–Kier alpha value is -3.21. The Kier molecular flexibility index (Phi) is 12.6. The molecule has 1 aliphatic rings. The molecular formula is C34H42ClN3O5S2. The molecule has 0 spiro atoms. The van der Waals surface area contributed by atoms with E-state index in [4.69, 9.17) is 16.3 Å². The molecule has 11 heteroatoms. The number of anilines is 1. The van der Waals surface area contributed by atoms with Crippen molar-refractivity contribution in [2.45, 2.75) is 80.8 Å². The molecule has 3 aromatic rings. The number of benzene rings is 3. The predicted octanol–water partition coefficient (Wildman–Crippen LogP) is 6.91. The van der Waals surface area contributed by atoms with E-state index in [1.165, 1.54) is 28.8 Å². The largest absolute Gasteiger partial charge is 0.492 e. The van der Waals surface area contributed by atoms with E-state index in [9.17, 15) is 18.0 Å². The van der Waals surface area contributed by atoms with Crippen LogP contribution in [0.2, 0.25) is 5.02 Å². The van der Waals surface area contributed by atoms with Gasteiger partial charge in [-0.05, 0) is 80.5 Å². The number of para-hydroxylation sites is 2. The average molecular weight is 672 g/mol. The number of sulfonamides is 1. The summed E-state index contributed by atoms with van der Waals surface area (Å²) in [6, 6.07) is 19.7. The summed E-state index contributed by atoms with van der Waals surface area (Å²) in [4.78, 5) is 30.6. The minimum absolute atomic E-state index is 0.0402. The van der Waals surface area contributed by atoms with Crippen LogP contribution in [0.5, 0.6) is 5.75 Å². The second-order valence-electron chi connectivity index (χ2n) is 11.0. The van der Waals surface area contributed by atoms with Crippen molar-refractivity contribution >= 4 is 50.9 Å². The maximum absolute atomic E-state index is 14.4. The van der Waals surface area contributed by atoms with Crippen LogP contribution in [-0.4, -0.2) is 56.6 Å². The lowest BCUT2D eigenvalue weighted by atomic mass is 9.95. The highest BCUT2D eigenvalue weighted by atomic mass is 35.5. The van der Waals surface area contributed by atoms with Gasteiger partial charge in [-0.25, -0.2) is 8.42 Å². The molecule has 2 amide bonds. The van der Waals surface area contributed by atoms with E-state index in [0.717, 1.165) is 41.3 Å². The zero-order valence-electron chi connectivity index (χ0n) is 26.1. The van der Waals surface area contributed by atoms with Gasteiger partial charge in [-0.2, -0.15) is 0 Å². The van der Waals surface area contributed by atoms with Crippen molar-refractivity contribution in [1.29, 1.82) is 0 Å². The quantitative estimate of drug-likeness (QED) is 0.187. The van der Waals surface area contributed by atoms with Crippen molar-refractivity contribution in [2.75, 3.05) is 23.7 Å². The Morgan fingerprint density at radius 3 is 2.29 bits per heavy atom. The van der Waals surface area contributed by atoms with E-state index < -0.39 is 28.5 Å². The first kappa shape index (κ1) is 34.7. The van der Waals surface area contributed by atoms with Crippen molar-refractivity contribution in [3.63, 3.8) is 0 Å². The molecule has 8 nitrogen and oxygen atoms in total. The van der Waals surface area contributed by atoms with Gasteiger partial charge in [0.25, 0.3) is 10.0 Å². The van der Waals surface area contributed by atoms with Gasteiger partial charge in [0.05, 0.1) is 17.2 Å². The molecule has 0 bridgehead atoms. The number of nitrogens with zero attached hydrogens (tertiary/aromatic N) is 2. The molecule has 242 valence electrons. The van der Waals surface area contributed by atoms with Crippen molar-refractivity contribution in [3.05, 3.63) is 83.4 Å². The fraction of sp³-hybridized carbons (Fsp3) is 0.412. The van der Waals surface area contributed by atoms with Crippen LogP contribution in [0.15, 0.2) is 82.6 Å². The summed E-state index contributed by atoms with van der Waals surface area (Å²) < 4.78 is 35.5. The SMILES string of the molecule is CCOc1ccccc1N(CC(=O)N(Cc1ccccc1Cl)[C@H](CC)C(=O)NC1CCCCC1)S(=O)(=O)c1ccc(SC)cc1. The van der Waals surface area contributed by atoms with Crippen molar-refractivity contribution < 1.29 is 22.7 Å². The molecule has 0 unspecified atom stereocenters. The maximum atomic E-state index is 14.4. The van der Waals surface area contributed by atoms with Crippen molar-refractivity contribution in [2.24, 2.45) is 0 Å². The number of rotatable bonds is 14. The van der Waals surface area contributed by atoms with Gasteiger partial charge in [-0.3, -0.25) is 13.9 Å². The molecule has 45 heavy (non-hydrogen) atoms. The molecule has 1 saturated carbocycles. The molecule has 0 aliphatic heterocycles. The minimum Gasteiger partial charge on any atom is -0.492 e. The fourth-order valence-corrected chi connectivity index (χ4v) is 7.63. The standard InChI is InChI=1S/C34H42ClN3O5S2/c1-4-30(34(40)36-26-14-7-6-8-15-26)37(23-25-13-9-10-16-29(25)35)33(39)24-38(31-17-11-12-18-32(31)43-5-2)45(41,42)28-21-19-27(44-3)20-22-28/h9-13,16-22,26,30H,4-8,14-15,23-24H2,1-3H3,(H,36,40)/t30-/m1/s1. The molecule has 1 aliphatic carbocycles. The lowest BCUT2D eigenvalue weighted by Crippen LogP contribution is -2.54. The molecular weight excluding hydrogens is 630 g/mol. The van der Waals surface area contributed by atoms with Gasteiger partial charge >= 0.3 is 0 Å². The molecule has 3 aromatic carbocycles. The summed E-state index contributed by atoms with van der Waals surface area (Å²) in [6.45, 7) is 3.46. The van der Waals surface area contributed by atoms with E-state index in [2.05, 4.69) is 5.32 Å². The third-order valence-electron chi connectivity index (χ3n) is 8.00. The van der Waals surface area contributed by atoms with E-state index in [0.29, 0.717) is 29.4 Å². The Morgan fingerprint density at radius 2 is 1.64 bits per heavy atom. The summed E-state index contributed by atoms with van der Waals surface area (Å²) in [6.07, 6.45) is 7.30. The van der Waals surface area contributed by atoms with E-state index >= 15 is 0 Å². The topological polar surface area (TPSA) is 96.0 Å². The van der Waals surface area contributed by atoms with Crippen LogP contribution in [0.3, 0.4) is 0 Å². The number of amides is 2. The molecule has 1 atom stereocenters. The van der Waals surface area contributed by atoms with E-state index in [1.54, 1.807) is 54.6 Å². The molecule has 4 rings (SSSR count). The minimum atomic E-state index is -4.23. The Balaban J connectivity index is 1.75. The Labute approximate surface area is 276 Å². The number of hydrogen-bond donors (Lipinski definition) is 1. The Bertz CT molecular complexity index is 1550. The highest BCUT2D eigenvalue weighted by Gasteiger charge is 2.35. The smallest absolute Gasteiger partial charge is 0.264 e. The molecule has 0 aromatic heterocycles. The summed E-state index contributed by atoms with van der Waals surface area (Å²) >= 11 is 8.03. The number of carbonyl (C=O) groups excluding carboxylic acids is 2. The maximum Gasteiger partial charge on any atom is 0.264 e. The van der Waals surface area contributed by atoms with Gasteiger partial charge in [0.15, 0.2) is 0 Å². The number of ether oxygens (including phenoxy) is 1. The first-order valence-electron chi connectivity index (χ1n) is 15.4. The third-order valence-corrected chi connectivity index (χ3v) is 10.9. The number of carbonyl (C=O) groups is 2. The van der Waals surface area contributed by atoms with E-state index in [1.807, 2.05) is 26.2 Å². The van der Waals surface area contributed by atoms with Crippen LogP contribution < -0.4 is 14.4 Å². The zero-order chi connectivity index (χ0) is 32.4. The van der Waals surface area contributed by atoms with Crippen LogP contribution in [-0.2, 0) is 26.2 Å².